The molecule has 0 fully saturated rings. The van der Waals surface area contributed by atoms with Crippen LogP contribution in [0.3, 0.4) is 0 Å². The molecule has 0 aliphatic carbocycles. The Morgan fingerprint density at radius 3 is 2.70 bits per heavy atom. The number of carbonyl (C=O) groups excluding carboxylic acids is 2. The number of hydrogen-bond acceptors (Lipinski definition) is 3. The van der Waals surface area contributed by atoms with Crippen LogP contribution in [0, 0.1) is 0 Å². The highest BCUT2D eigenvalue weighted by Gasteiger charge is 2.24. The Kier molecular flexibility index (Phi) is 7.28. The molecule has 6 heteroatoms. The second-order valence-electron chi connectivity index (χ2n) is 5.25. The van der Waals surface area contributed by atoms with Crippen LogP contribution in [0.5, 0.6) is 0 Å². The molecular weight excluding hydrogens is 294 g/mol. The Bertz CT molecular complexity index is 588. The van der Waals surface area contributed by atoms with Crippen molar-refractivity contribution in [2.75, 3.05) is 7.05 Å². The Morgan fingerprint density at radius 1 is 1.48 bits per heavy atom. The first-order valence-electron chi connectivity index (χ1n) is 7.59. The Balaban J connectivity index is 2.71. The molecule has 1 aromatic heterocycles. The molecule has 1 heterocycles. The van der Waals surface area contributed by atoms with Gasteiger partial charge in [-0.2, -0.15) is 0 Å². The molecule has 0 radical (unpaired) electrons. The maximum Gasteiger partial charge on any atom is 0.245 e. The topological polar surface area (TPSA) is 94.2 Å². The van der Waals surface area contributed by atoms with Gasteiger partial charge in [0.2, 0.25) is 11.8 Å². The van der Waals surface area contributed by atoms with Gasteiger partial charge in [-0.05, 0) is 31.9 Å². The molecule has 0 aromatic carbocycles. The molecule has 2 unspecified atom stereocenters. The fourth-order valence-corrected chi connectivity index (χ4v) is 2.29. The number of carbonyl (C=O) groups is 2. The summed E-state index contributed by atoms with van der Waals surface area (Å²) in [5, 5.41) is 14.6. The van der Waals surface area contributed by atoms with Crippen LogP contribution in [0.2, 0.25) is 0 Å². The van der Waals surface area contributed by atoms with Crippen molar-refractivity contribution in [1.29, 1.82) is 0 Å². The normalized spacial score (nSPS) is 13.6. The van der Waals surface area contributed by atoms with Crippen LogP contribution in [-0.4, -0.2) is 41.1 Å². The van der Waals surface area contributed by atoms with Crippen LogP contribution in [0.15, 0.2) is 18.9 Å². The van der Waals surface area contributed by atoms with Gasteiger partial charge in [0.05, 0.1) is 6.10 Å². The van der Waals surface area contributed by atoms with Gasteiger partial charge in [-0.1, -0.05) is 18.7 Å². The minimum absolute atomic E-state index is 0.221. The average molecular weight is 319 g/mol. The van der Waals surface area contributed by atoms with Crippen LogP contribution in [0.1, 0.15) is 37.1 Å². The van der Waals surface area contributed by atoms with Crippen molar-refractivity contribution < 1.29 is 14.7 Å². The van der Waals surface area contributed by atoms with Gasteiger partial charge in [0.25, 0.3) is 0 Å². The number of aliphatic hydroxyl groups is 1. The summed E-state index contributed by atoms with van der Waals surface area (Å²) in [4.78, 5) is 26.8. The van der Waals surface area contributed by atoms with E-state index >= 15 is 0 Å². The van der Waals surface area contributed by atoms with Gasteiger partial charge >= 0.3 is 0 Å². The van der Waals surface area contributed by atoms with Crippen molar-refractivity contribution in [3.63, 3.8) is 0 Å². The smallest absolute Gasteiger partial charge is 0.245 e. The van der Waals surface area contributed by atoms with E-state index in [9.17, 15) is 14.7 Å². The zero-order valence-corrected chi connectivity index (χ0v) is 13.8. The number of rotatable bonds is 8. The van der Waals surface area contributed by atoms with Crippen molar-refractivity contribution in [3.8, 4) is 0 Å². The average Bonchev–Trinajstić information content (AvgIpc) is 2.92. The third kappa shape index (κ3) is 5.10. The van der Waals surface area contributed by atoms with E-state index in [1.807, 2.05) is 25.3 Å². The lowest BCUT2D eigenvalue weighted by atomic mass is 10.0. The van der Waals surface area contributed by atoms with Crippen LogP contribution in [-0.2, 0) is 16.0 Å². The SMILES string of the molecule is C=Cc1[nH]cc(CCC(=O)NC(C(=O)NC)C(C)O)c1/C=C\C. The van der Waals surface area contributed by atoms with E-state index in [2.05, 4.69) is 22.2 Å². The predicted molar refractivity (Wildman–Crippen MR) is 91.6 cm³/mol. The number of aromatic nitrogens is 1. The third-order valence-corrected chi connectivity index (χ3v) is 3.52. The molecule has 0 bridgehead atoms. The number of aromatic amines is 1. The maximum atomic E-state index is 12.0. The van der Waals surface area contributed by atoms with Gasteiger partial charge in [-0.25, -0.2) is 0 Å². The van der Waals surface area contributed by atoms with Gasteiger partial charge in [0.15, 0.2) is 0 Å². The number of allylic oxidation sites excluding steroid dienone is 1. The van der Waals surface area contributed by atoms with Crippen molar-refractivity contribution in [2.24, 2.45) is 0 Å². The summed E-state index contributed by atoms with van der Waals surface area (Å²) in [5.74, 6) is -0.703. The quantitative estimate of drug-likeness (QED) is 0.580. The molecule has 126 valence electrons. The summed E-state index contributed by atoms with van der Waals surface area (Å²) in [7, 11) is 1.46. The molecule has 1 aromatic rings. The van der Waals surface area contributed by atoms with E-state index in [1.54, 1.807) is 6.08 Å². The van der Waals surface area contributed by atoms with Crippen molar-refractivity contribution >= 4 is 24.0 Å². The number of nitrogens with one attached hydrogen (secondary N) is 3. The largest absolute Gasteiger partial charge is 0.391 e. The van der Waals surface area contributed by atoms with Gasteiger partial charge < -0.3 is 20.7 Å². The molecule has 0 aliphatic heterocycles. The monoisotopic (exact) mass is 319 g/mol. The number of aryl methyl sites for hydroxylation is 1. The highest BCUT2D eigenvalue weighted by molar-refractivity contribution is 5.88. The fourth-order valence-electron chi connectivity index (χ4n) is 2.29. The summed E-state index contributed by atoms with van der Waals surface area (Å²) in [6, 6.07) is -0.947. The van der Waals surface area contributed by atoms with E-state index in [0.717, 1.165) is 16.8 Å². The molecule has 1 rings (SSSR count). The molecular formula is C17H25N3O3. The lowest BCUT2D eigenvalue weighted by molar-refractivity contribution is -0.131. The summed E-state index contributed by atoms with van der Waals surface area (Å²) >= 11 is 0. The number of likely N-dealkylation sites (N-methyl/N-ethyl adjacent to an activating group) is 1. The molecule has 0 saturated carbocycles. The zero-order chi connectivity index (χ0) is 17.4. The first kappa shape index (κ1) is 18.7. The van der Waals surface area contributed by atoms with E-state index in [0.29, 0.717) is 6.42 Å². The van der Waals surface area contributed by atoms with E-state index in [-0.39, 0.29) is 12.3 Å². The molecule has 4 N–H and O–H groups in total. The summed E-state index contributed by atoms with van der Waals surface area (Å²) in [5.41, 5.74) is 2.92. The lowest BCUT2D eigenvalue weighted by Crippen LogP contribution is -2.51. The minimum atomic E-state index is -0.961. The van der Waals surface area contributed by atoms with Crippen LogP contribution in [0.25, 0.3) is 12.2 Å². The Hall–Kier alpha value is -2.34. The number of hydrogen-bond donors (Lipinski definition) is 4. The second-order valence-corrected chi connectivity index (χ2v) is 5.25. The van der Waals surface area contributed by atoms with Gasteiger partial charge in [0, 0.05) is 30.9 Å². The molecule has 0 saturated heterocycles. The van der Waals surface area contributed by atoms with Gasteiger partial charge in [-0.15, -0.1) is 0 Å². The number of amides is 2. The molecule has 2 amide bonds. The molecule has 0 aliphatic rings. The Morgan fingerprint density at radius 2 is 2.17 bits per heavy atom. The van der Waals surface area contributed by atoms with Gasteiger partial charge in [-0.3, -0.25) is 9.59 Å². The van der Waals surface area contributed by atoms with E-state index in [1.165, 1.54) is 14.0 Å². The highest BCUT2D eigenvalue weighted by Crippen LogP contribution is 2.19. The van der Waals surface area contributed by atoms with Crippen molar-refractivity contribution in [1.82, 2.24) is 15.6 Å². The first-order valence-corrected chi connectivity index (χ1v) is 7.59. The van der Waals surface area contributed by atoms with Crippen LogP contribution >= 0.6 is 0 Å². The molecule has 6 nitrogen and oxygen atoms in total. The van der Waals surface area contributed by atoms with E-state index in [4.69, 9.17) is 0 Å². The zero-order valence-electron chi connectivity index (χ0n) is 13.8. The van der Waals surface area contributed by atoms with Crippen LogP contribution in [0.4, 0.5) is 0 Å². The second kappa shape index (κ2) is 8.95. The number of H-pyrrole nitrogens is 1. The summed E-state index contributed by atoms with van der Waals surface area (Å²) < 4.78 is 0. The van der Waals surface area contributed by atoms with Crippen LogP contribution < -0.4 is 10.6 Å². The molecule has 0 spiro atoms. The number of aliphatic hydroxyl groups excluding tert-OH is 1. The molecule has 23 heavy (non-hydrogen) atoms. The first-order chi connectivity index (χ1) is 10.9. The van der Waals surface area contributed by atoms with Crippen molar-refractivity contribution in [3.05, 3.63) is 35.7 Å². The fraction of sp³-hybridized carbons (Fsp3) is 0.412. The summed E-state index contributed by atoms with van der Waals surface area (Å²) in [6.07, 6.45) is 7.25. The van der Waals surface area contributed by atoms with E-state index < -0.39 is 18.1 Å². The standard InChI is InChI=1S/C17H25N3O3/c1-5-7-13-12(10-19-14(13)6-2)8-9-15(22)20-16(11(3)21)17(23)18-4/h5-7,10-11,16,19,21H,2,8-9H2,1,3-4H3,(H,18,23)(H,20,22)/b7-5-. The summed E-state index contributed by atoms with van der Waals surface area (Å²) in [6.45, 7) is 7.14. The predicted octanol–water partition coefficient (Wildman–Crippen LogP) is 1.23. The lowest BCUT2D eigenvalue weighted by Gasteiger charge is -2.19. The highest BCUT2D eigenvalue weighted by atomic mass is 16.3. The Labute approximate surface area is 136 Å². The maximum absolute atomic E-state index is 12.0. The van der Waals surface area contributed by atoms with Crippen molar-refractivity contribution in [2.45, 2.75) is 38.8 Å². The third-order valence-electron chi connectivity index (χ3n) is 3.52. The molecule has 2 atom stereocenters. The minimum Gasteiger partial charge on any atom is -0.391 e. The van der Waals surface area contributed by atoms with Gasteiger partial charge in [0.1, 0.15) is 6.04 Å².